The van der Waals surface area contributed by atoms with Gasteiger partial charge in [0.05, 0.1) is 16.9 Å². The Balaban J connectivity index is 2.34. The van der Waals surface area contributed by atoms with Crippen molar-refractivity contribution in [1.82, 2.24) is 0 Å². The van der Waals surface area contributed by atoms with Crippen LogP contribution in [0.15, 0.2) is 34.1 Å². The third kappa shape index (κ3) is 2.70. The Morgan fingerprint density at radius 2 is 2.06 bits per heavy atom. The average molecular weight is 312 g/mol. The van der Waals surface area contributed by atoms with Gasteiger partial charge in [-0.15, -0.1) is 11.3 Å². The van der Waals surface area contributed by atoms with Gasteiger partial charge in [-0.1, -0.05) is 12.1 Å². The number of thiophene rings is 1. The second-order valence-electron chi connectivity index (χ2n) is 3.85. The van der Waals surface area contributed by atoms with E-state index in [2.05, 4.69) is 22.0 Å². The molecule has 2 aromatic rings. The maximum absolute atomic E-state index is 6.24. The summed E-state index contributed by atoms with van der Waals surface area (Å²) in [5, 5.41) is 0. The molecule has 0 bridgehead atoms. The van der Waals surface area contributed by atoms with Gasteiger partial charge in [-0.2, -0.15) is 0 Å². The minimum Gasteiger partial charge on any atom is -0.496 e. The van der Waals surface area contributed by atoms with Crippen LogP contribution in [0.5, 0.6) is 5.75 Å². The van der Waals surface area contributed by atoms with E-state index in [1.54, 1.807) is 18.4 Å². The maximum Gasteiger partial charge on any atom is 0.122 e. The molecule has 1 aromatic heterocycles. The third-order valence-electron chi connectivity index (χ3n) is 2.69. The summed E-state index contributed by atoms with van der Waals surface area (Å²) in [6.45, 7) is 2.02. The normalized spacial score (nSPS) is 12.5. The number of halogens is 1. The lowest BCUT2D eigenvalue weighted by molar-refractivity contribution is 0.411. The highest BCUT2D eigenvalue weighted by molar-refractivity contribution is 9.11. The van der Waals surface area contributed by atoms with Crippen molar-refractivity contribution in [2.75, 3.05) is 7.11 Å². The van der Waals surface area contributed by atoms with Crippen molar-refractivity contribution in [2.24, 2.45) is 5.73 Å². The molecule has 1 unspecified atom stereocenters. The van der Waals surface area contributed by atoms with Crippen LogP contribution >= 0.6 is 27.3 Å². The van der Waals surface area contributed by atoms with Crippen LogP contribution in [0.1, 0.15) is 22.0 Å². The number of rotatable bonds is 3. The molecule has 90 valence electrons. The van der Waals surface area contributed by atoms with Crippen molar-refractivity contribution in [3.05, 3.63) is 50.1 Å². The molecule has 0 aliphatic carbocycles. The monoisotopic (exact) mass is 311 g/mol. The predicted octanol–water partition coefficient (Wildman–Crippen LogP) is 3.88. The number of benzene rings is 1. The van der Waals surface area contributed by atoms with Gasteiger partial charge in [0.15, 0.2) is 0 Å². The van der Waals surface area contributed by atoms with E-state index in [-0.39, 0.29) is 6.04 Å². The molecule has 17 heavy (non-hydrogen) atoms. The van der Waals surface area contributed by atoms with Gasteiger partial charge in [0.2, 0.25) is 0 Å². The molecule has 4 heteroatoms. The van der Waals surface area contributed by atoms with Crippen LogP contribution in [0.3, 0.4) is 0 Å². The van der Waals surface area contributed by atoms with Crippen LogP contribution < -0.4 is 10.5 Å². The SMILES string of the molecule is COc1cc(C(N)c2ccc(Br)s2)ccc1C. The van der Waals surface area contributed by atoms with E-state index >= 15 is 0 Å². The zero-order valence-electron chi connectivity index (χ0n) is 9.74. The zero-order valence-corrected chi connectivity index (χ0v) is 12.1. The van der Waals surface area contributed by atoms with Gasteiger partial charge in [-0.25, -0.2) is 0 Å². The second-order valence-corrected chi connectivity index (χ2v) is 6.34. The van der Waals surface area contributed by atoms with Crippen molar-refractivity contribution in [3.63, 3.8) is 0 Å². The summed E-state index contributed by atoms with van der Waals surface area (Å²) in [5.41, 5.74) is 8.43. The summed E-state index contributed by atoms with van der Waals surface area (Å²) in [6.07, 6.45) is 0. The van der Waals surface area contributed by atoms with E-state index in [0.717, 1.165) is 25.5 Å². The zero-order chi connectivity index (χ0) is 12.4. The Labute approximate surface area is 114 Å². The van der Waals surface area contributed by atoms with Gasteiger partial charge in [0.25, 0.3) is 0 Å². The molecule has 2 rings (SSSR count). The van der Waals surface area contributed by atoms with E-state index in [9.17, 15) is 0 Å². The largest absolute Gasteiger partial charge is 0.496 e. The summed E-state index contributed by atoms with van der Waals surface area (Å²) >= 11 is 5.11. The van der Waals surface area contributed by atoms with E-state index in [0.29, 0.717) is 0 Å². The van der Waals surface area contributed by atoms with Crippen LogP contribution in [0.25, 0.3) is 0 Å². The number of methoxy groups -OCH3 is 1. The lowest BCUT2D eigenvalue weighted by Crippen LogP contribution is -2.10. The Kier molecular flexibility index (Phi) is 3.86. The second kappa shape index (κ2) is 5.21. The van der Waals surface area contributed by atoms with Gasteiger partial charge in [-0.05, 0) is 52.2 Å². The number of aryl methyl sites for hydroxylation is 1. The molecule has 2 nitrogen and oxygen atoms in total. The van der Waals surface area contributed by atoms with Crippen molar-refractivity contribution in [1.29, 1.82) is 0 Å². The summed E-state index contributed by atoms with van der Waals surface area (Å²) < 4.78 is 6.41. The molecule has 0 saturated heterocycles. The predicted molar refractivity (Wildman–Crippen MR) is 75.8 cm³/mol. The van der Waals surface area contributed by atoms with Crippen LogP contribution in [0.2, 0.25) is 0 Å². The van der Waals surface area contributed by atoms with E-state index in [1.807, 2.05) is 31.2 Å². The van der Waals surface area contributed by atoms with Crippen molar-refractivity contribution >= 4 is 27.3 Å². The quantitative estimate of drug-likeness (QED) is 0.933. The summed E-state index contributed by atoms with van der Waals surface area (Å²) in [5.74, 6) is 0.883. The summed E-state index contributed by atoms with van der Waals surface area (Å²) in [6, 6.07) is 10.1. The standard InChI is InChI=1S/C13H14BrNOS/c1-8-3-4-9(7-10(8)16-2)13(15)11-5-6-12(14)17-11/h3-7,13H,15H2,1-2H3. The lowest BCUT2D eigenvalue weighted by atomic mass is 10.0. The highest BCUT2D eigenvalue weighted by Crippen LogP contribution is 2.31. The van der Waals surface area contributed by atoms with Gasteiger partial charge < -0.3 is 10.5 Å². The maximum atomic E-state index is 6.24. The van der Waals surface area contributed by atoms with Crippen molar-refractivity contribution in [3.8, 4) is 5.75 Å². The Bertz CT molecular complexity index is 524. The molecule has 1 aromatic carbocycles. The minimum absolute atomic E-state index is 0.0965. The molecule has 2 N–H and O–H groups in total. The molecular formula is C13H14BrNOS. The molecule has 1 atom stereocenters. The van der Waals surface area contributed by atoms with Crippen LogP contribution in [-0.4, -0.2) is 7.11 Å². The molecule has 0 radical (unpaired) electrons. The van der Waals surface area contributed by atoms with Crippen molar-refractivity contribution in [2.45, 2.75) is 13.0 Å². The molecule has 0 aliphatic rings. The first-order valence-corrected chi connectivity index (χ1v) is 6.88. The number of ether oxygens (including phenoxy) is 1. The van der Waals surface area contributed by atoms with Gasteiger partial charge in [0.1, 0.15) is 5.75 Å². The fourth-order valence-electron chi connectivity index (χ4n) is 1.69. The minimum atomic E-state index is -0.0965. The summed E-state index contributed by atoms with van der Waals surface area (Å²) in [7, 11) is 1.68. The Morgan fingerprint density at radius 3 is 2.65 bits per heavy atom. The molecular weight excluding hydrogens is 298 g/mol. The van der Waals surface area contributed by atoms with Gasteiger partial charge in [0, 0.05) is 4.88 Å². The first-order valence-electron chi connectivity index (χ1n) is 5.27. The Morgan fingerprint density at radius 1 is 1.29 bits per heavy atom. The van der Waals surface area contributed by atoms with Crippen LogP contribution in [0, 0.1) is 6.92 Å². The molecule has 1 heterocycles. The fourth-order valence-corrected chi connectivity index (χ4v) is 3.14. The van der Waals surface area contributed by atoms with Crippen LogP contribution in [0.4, 0.5) is 0 Å². The van der Waals surface area contributed by atoms with E-state index in [4.69, 9.17) is 10.5 Å². The molecule has 0 amide bonds. The first kappa shape index (κ1) is 12.6. The molecule has 0 fully saturated rings. The van der Waals surface area contributed by atoms with Crippen LogP contribution in [-0.2, 0) is 0 Å². The molecule has 0 aliphatic heterocycles. The topological polar surface area (TPSA) is 35.2 Å². The van der Waals surface area contributed by atoms with E-state index in [1.165, 1.54) is 0 Å². The average Bonchev–Trinajstić information content (AvgIpc) is 2.75. The fraction of sp³-hybridized carbons (Fsp3) is 0.231. The highest BCUT2D eigenvalue weighted by Gasteiger charge is 2.12. The van der Waals surface area contributed by atoms with Gasteiger partial charge >= 0.3 is 0 Å². The number of nitrogens with two attached hydrogens (primary N) is 1. The third-order valence-corrected chi connectivity index (χ3v) is 4.40. The van der Waals surface area contributed by atoms with Gasteiger partial charge in [-0.3, -0.25) is 0 Å². The molecule has 0 spiro atoms. The van der Waals surface area contributed by atoms with E-state index < -0.39 is 0 Å². The summed E-state index contributed by atoms with van der Waals surface area (Å²) in [4.78, 5) is 1.14. The Hall–Kier alpha value is -0.840. The molecule has 0 saturated carbocycles. The lowest BCUT2D eigenvalue weighted by Gasteiger charge is -2.13. The number of hydrogen-bond acceptors (Lipinski definition) is 3. The highest BCUT2D eigenvalue weighted by atomic mass is 79.9. The number of hydrogen-bond donors (Lipinski definition) is 1. The van der Waals surface area contributed by atoms with Crippen molar-refractivity contribution < 1.29 is 4.74 Å². The smallest absolute Gasteiger partial charge is 0.122 e. The first-order chi connectivity index (χ1) is 8.11.